The number of hydrogen-bond acceptors (Lipinski definition) is 5. The fourth-order valence-corrected chi connectivity index (χ4v) is 1.71. The molecular formula is C12H16F3N7O. The number of aromatic nitrogens is 6. The fourth-order valence-electron chi connectivity index (χ4n) is 1.71. The van der Waals surface area contributed by atoms with Gasteiger partial charge < -0.3 is 9.88 Å². The van der Waals surface area contributed by atoms with E-state index in [0.717, 1.165) is 10.8 Å². The van der Waals surface area contributed by atoms with Gasteiger partial charge in [0.25, 0.3) is 11.7 Å². The summed E-state index contributed by atoms with van der Waals surface area (Å²) >= 11 is 0. The number of carbonyl (C=O) groups is 1. The molecule has 0 bridgehead atoms. The normalized spacial score (nSPS) is 12.5. The average molecular weight is 331 g/mol. The molecule has 11 heteroatoms. The van der Waals surface area contributed by atoms with Gasteiger partial charge in [-0.2, -0.15) is 18.0 Å². The molecule has 23 heavy (non-hydrogen) atoms. The van der Waals surface area contributed by atoms with E-state index < -0.39 is 24.2 Å². The molecule has 0 radical (unpaired) electrons. The largest absolute Gasteiger partial charge is 0.406 e. The van der Waals surface area contributed by atoms with Crippen LogP contribution in [-0.4, -0.2) is 41.8 Å². The Morgan fingerprint density at radius 2 is 1.96 bits per heavy atom. The Bertz CT molecular complexity index is 711. The van der Waals surface area contributed by atoms with E-state index in [1.807, 2.05) is 20.8 Å². The first kappa shape index (κ1) is 16.9. The topological polar surface area (TPSA) is 90.5 Å². The predicted octanol–water partition coefficient (Wildman–Crippen LogP) is 1.75. The summed E-state index contributed by atoms with van der Waals surface area (Å²) < 4.78 is 38.6. The highest BCUT2D eigenvalue weighted by Crippen LogP contribution is 2.22. The molecule has 0 unspecified atom stereocenters. The minimum atomic E-state index is -4.43. The van der Waals surface area contributed by atoms with Gasteiger partial charge in [0.2, 0.25) is 0 Å². The van der Waals surface area contributed by atoms with Crippen LogP contribution < -0.4 is 5.32 Å². The molecule has 8 nitrogen and oxygen atoms in total. The van der Waals surface area contributed by atoms with Crippen LogP contribution in [0.5, 0.6) is 0 Å². The number of nitrogens with one attached hydrogen (secondary N) is 1. The van der Waals surface area contributed by atoms with Crippen LogP contribution in [-0.2, 0) is 12.1 Å². The van der Waals surface area contributed by atoms with Gasteiger partial charge in [-0.05, 0) is 32.9 Å². The van der Waals surface area contributed by atoms with E-state index in [1.54, 1.807) is 0 Å². The van der Waals surface area contributed by atoms with Gasteiger partial charge in [-0.15, -0.1) is 10.2 Å². The Hall–Kier alpha value is -2.46. The van der Waals surface area contributed by atoms with E-state index in [-0.39, 0.29) is 17.5 Å². The zero-order chi connectivity index (χ0) is 17.4. The van der Waals surface area contributed by atoms with E-state index in [2.05, 4.69) is 25.7 Å². The first-order chi connectivity index (χ1) is 10.5. The lowest BCUT2D eigenvalue weighted by molar-refractivity contribution is -0.140. The van der Waals surface area contributed by atoms with Gasteiger partial charge in [0.15, 0.2) is 0 Å². The number of imidazole rings is 1. The maximum atomic E-state index is 12.6. The van der Waals surface area contributed by atoms with Gasteiger partial charge in [0.05, 0.1) is 11.7 Å². The summed E-state index contributed by atoms with van der Waals surface area (Å²) in [6, 6.07) is 0. The summed E-state index contributed by atoms with van der Waals surface area (Å²) in [4.78, 5) is 17.1. The molecule has 1 amide bonds. The molecule has 126 valence electrons. The molecule has 0 atom stereocenters. The minimum Gasteiger partial charge on any atom is -0.306 e. The molecular weight excluding hydrogens is 315 g/mol. The Morgan fingerprint density at radius 3 is 2.48 bits per heavy atom. The van der Waals surface area contributed by atoms with Crippen LogP contribution in [0.1, 0.15) is 37.2 Å². The van der Waals surface area contributed by atoms with E-state index in [9.17, 15) is 18.0 Å². The smallest absolute Gasteiger partial charge is 0.306 e. The van der Waals surface area contributed by atoms with Crippen molar-refractivity contribution < 1.29 is 18.0 Å². The lowest BCUT2D eigenvalue weighted by Crippen LogP contribution is -2.25. The van der Waals surface area contributed by atoms with Crippen molar-refractivity contribution in [3.8, 4) is 0 Å². The summed E-state index contributed by atoms with van der Waals surface area (Å²) in [6.07, 6.45) is -3.29. The second kappa shape index (κ2) is 5.63. The maximum Gasteiger partial charge on any atom is 0.406 e. The van der Waals surface area contributed by atoms with Crippen molar-refractivity contribution in [1.82, 2.24) is 29.8 Å². The van der Waals surface area contributed by atoms with Gasteiger partial charge >= 0.3 is 6.18 Å². The number of amides is 1. The maximum absolute atomic E-state index is 12.6. The quantitative estimate of drug-likeness (QED) is 0.925. The van der Waals surface area contributed by atoms with Crippen LogP contribution in [0, 0.1) is 6.92 Å². The number of carbonyl (C=O) groups excluding carboxylic acids is 1. The molecule has 1 N–H and O–H groups in total. The van der Waals surface area contributed by atoms with Crippen molar-refractivity contribution in [2.75, 3.05) is 5.32 Å². The second-order valence-corrected chi connectivity index (χ2v) is 5.92. The molecule has 0 saturated carbocycles. The molecule has 2 rings (SSSR count). The summed E-state index contributed by atoms with van der Waals surface area (Å²) in [5.74, 6) is -0.956. The van der Waals surface area contributed by atoms with Crippen LogP contribution >= 0.6 is 0 Å². The SMILES string of the molecule is Cc1ncc(NC(=O)c2nnn(C(C)(C)C)n2)n1CC(F)(F)F. The van der Waals surface area contributed by atoms with E-state index in [0.29, 0.717) is 0 Å². The van der Waals surface area contributed by atoms with Crippen LogP contribution in [0.3, 0.4) is 0 Å². The van der Waals surface area contributed by atoms with Crippen molar-refractivity contribution in [2.24, 2.45) is 0 Å². The number of hydrogen-bond donors (Lipinski definition) is 1. The van der Waals surface area contributed by atoms with Gasteiger partial charge in [0.1, 0.15) is 18.2 Å². The van der Waals surface area contributed by atoms with E-state index >= 15 is 0 Å². The molecule has 0 aromatic carbocycles. The molecule has 0 spiro atoms. The first-order valence-corrected chi connectivity index (χ1v) is 6.68. The Labute approximate surface area is 129 Å². The zero-order valence-electron chi connectivity index (χ0n) is 13.0. The number of nitrogens with zero attached hydrogens (tertiary/aromatic N) is 6. The molecule has 0 saturated heterocycles. The Kier molecular flexibility index (Phi) is 4.14. The highest BCUT2D eigenvalue weighted by molar-refractivity contribution is 6.00. The number of anilines is 1. The van der Waals surface area contributed by atoms with E-state index in [4.69, 9.17) is 0 Å². The molecule has 0 aliphatic rings. The number of rotatable bonds is 3. The standard InChI is InChI=1S/C12H16F3N7O/c1-7-16-5-8(21(7)6-12(13,14)15)17-10(23)9-18-20-22(19-9)11(2,3)4/h5H,6H2,1-4H3,(H,17,23). The van der Waals surface area contributed by atoms with Gasteiger partial charge in [-0.3, -0.25) is 4.79 Å². The second-order valence-electron chi connectivity index (χ2n) is 5.92. The number of halogens is 3. The first-order valence-electron chi connectivity index (χ1n) is 6.68. The van der Waals surface area contributed by atoms with E-state index in [1.165, 1.54) is 11.7 Å². The van der Waals surface area contributed by atoms with Crippen molar-refractivity contribution in [2.45, 2.75) is 46.0 Å². The van der Waals surface area contributed by atoms with Crippen molar-refractivity contribution in [1.29, 1.82) is 0 Å². The summed E-state index contributed by atoms with van der Waals surface area (Å²) in [6.45, 7) is 5.61. The number of tetrazole rings is 1. The monoisotopic (exact) mass is 331 g/mol. The van der Waals surface area contributed by atoms with Gasteiger partial charge in [-0.25, -0.2) is 4.98 Å². The third-order valence-electron chi connectivity index (χ3n) is 2.85. The third-order valence-corrected chi connectivity index (χ3v) is 2.85. The number of alkyl halides is 3. The zero-order valence-corrected chi connectivity index (χ0v) is 13.0. The average Bonchev–Trinajstić information content (AvgIpc) is 2.98. The van der Waals surface area contributed by atoms with Gasteiger partial charge in [-0.1, -0.05) is 0 Å². The third kappa shape index (κ3) is 4.05. The van der Waals surface area contributed by atoms with Crippen molar-refractivity contribution >= 4 is 11.7 Å². The molecule has 2 heterocycles. The van der Waals surface area contributed by atoms with Crippen LogP contribution in [0.4, 0.5) is 19.0 Å². The fraction of sp³-hybridized carbons (Fsp3) is 0.583. The van der Waals surface area contributed by atoms with Crippen molar-refractivity contribution in [3.05, 3.63) is 17.8 Å². The molecule has 2 aromatic rings. The molecule has 0 aliphatic carbocycles. The Morgan fingerprint density at radius 1 is 1.30 bits per heavy atom. The Balaban J connectivity index is 2.20. The summed E-state index contributed by atoms with van der Waals surface area (Å²) in [5.41, 5.74) is -0.472. The highest BCUT2D eigenvalue weighted by atomic mass is 19.4. The van der Waals surface area contributed by atoms with Crippen molar-refractivity contribution in [3.63, 3.8) is 0 Å². The highest BCUT2D eigenvalue weighted by Gasteiger charge is 2.30. The summed E-state index contributed by atoms with van der Waals surface area (Å²) in [7, 11) is 0. The van der Waals surface area contributed by atoms with Crippen LogP contribution in [0.15, 0.2) is 6.20 Å². The minimum absolute atomic E-state index is 0.0862. The lowest BCUT2D eigenvalue weighted by atomic mass is 10.1. The lowest BCUT2D eigenvalue weighted by Gasteiger charge is -2.15. The van der Waals surface area contributed by atoms with Crippen LogP contribution in [0.25, 0.3) is 0 Å². The van der Waals surface area contributed by atoms with Gasteiger partial charge in [0, 0.05) is 0 Å². The summed E-state index contributed by atoms with van der Waals surface area (Å²) in [5, 5.41) is 13.6. The molecule has 0 fully saturated rings. The molecule has 2 aromatic heterocycles. The number of aryl methyl sites for hydroxylation is 1. The van der Waals surface area contributed by atoms with Crippen LogP contribution in [0.2, 0.25) is 0 Å². The predicted molar refractivity (Wildman–Crippen MR) is 73.8 cm³/mol. The molecule has 0 aliphatic heterocycles.